The summed E-state index contributed by atoms with van der Waals surface area (Å²) in [6, 6.07) is 11.2. The maximum atomic E-state index is 14.1. The first kappa shape index (κ1) is 21.8. The van der Waals surface area contributed by atoms with E-state index in [4.69, 9.17) is 0 Å². The number of hydrogen-bond acceptors (Lipinski definition) is 3. The van der Waals surface area contributed by atoms with Crippen molar-refractivity contribution in [2.45, 2.75) is 46.2 Å². The van der Waals surface area contributed by atoms with Gasteiger partial charge in [0, 0.05) is 24.6 Å². The molecule has 0 radical (unpaired) electrons. The zero-order valence-electron chi connectivity index (χ0n) is 18.6. The third-order valence-corrected chi connectivity index (χ3v) is 5.66. The lowest BCUT2D eigenvalue weighted by molar-refractivity contribution is -0.743. The van der Waals surface area contributed by atoms with E-state index in [9.17, 15) is 14.3 Å². The van der Waals surface area contributed by atoms with Crippen molar-refractivity contribution in [1.82, 2.24) is 10.00 Å². The molecule has 0 aliphatic carbocycles. The van der Waals surface area contributed by atoms with Crippen molar-refractivity contribution in [3.8, 4) is 5.75 Å². The van der Waals surface area contributed by atoms with Crippen molar-refractivity contribution in [2.75, 3.05) is 11.9 Å². The molecule has 1 amide bonds. The van der Waals surface area contributed by atoms with Crippen LogP contribution in [-0.4, -0.2) is 28.2 Å². The number of nitrogens with one attached hydrogen (secondary N) is 2. The van der Waals surface area contributed by atoms with Gasteiger partial charge in [0.25, 0.3) is 11.9 Å². The summed E-state index contributed by atoms with van der Waals surface area (Å²) in [6.07, 6.45) is 1.91. The highest BCUT2D eigenvalue weighted by atomic mass is 19.1. The first-order valence-electron chi connectivity index (χ1n) is 11.0. The Morgan fingerprint density at radius 3 is 2.84 bits per heavy atom. The van der Waals surface area contributed by atoms with Gasteiger partial charge >= 0.3 is 5.82 Å². The van der Waals surface area contributed by atoms with Gasteiger partial charge in [0.1, 0.15) is 18.1 Å². The molecule has 3 aromatic rings. The third kappa shape index (κ3) is 4.30. The summed E-state index contributed by atoms with van der Waals surface area (Å²) in [5.41, 5.74) is 1.15. The molecule has 1 atom stereocenters. The zero-order chi connectivity index (χ0) is 22.8. The number of nitrogens with zero attached hydrogens (tertiary/aromatic N) is 3. The highest BCUT2D eigenvalue weighted by Gasteiger charge is 2.33. The molecule has 0 spiro atoms. The Hall–Kier alpha value is -3.42. The number of anilines is 1. The first-order chi connectivity index (χ1) is 15.4. The van der Waals surface area contributed by atoms with Gasteiger partial charge in [0.05, 0.1) is 16.9 Å². The van der Waals surface area contributed by atoms with E-state index in [1.54, 1.807) is 24.3 Å². The molecule has 168 valence electrons. The Kier molecular flexibility index (Phi) is 6.12. The number of hydrogen-bond donors (Lipinski definition) is 3. The van der Waals surface area contributed by atoms with Crippen molar-refractivity contribution >= 4 is 28.6 Å². The fourth-order valence-electron chi connectivity index (χ4n) is 4.11. The molecule has 32 heavy (non-hydrogen) atoms. The van der Waals surface area contributed by atoms with Crippen LogP contribution in [0.25, 0.3) is 10.9 Å². The topological polar surface area (TPSA) is 82.5 Å². The number of carbonyl (C=O) groups excluding carboxylic acids is 1. The minimum Gasteiger partial charge on any atom is -0.508 e. The van der Waals surface area contributed by atoms with E-state index in [1.807, 2.05) is 13.8 Å². The van der Waals surface area contributed by atoms with Gasteiger partial charge in [-0.15, -0.1) is 0 Å². The van der Waals surface area contributed by atoms with Gasteiger partial charge in [-0.2, -0.15) is 4.68 Å². The molecule has 0 bridgehead atoms. The van der Waals surface area contributed by atoms with Crippen LogP contribution in [0, 0.1) is 11.7 Å². The molecular weight excluding hydrogens is 409 g/mol. The smallest absolute Gasteiger partial charge is 0.310 e. The van der Waals surface area contributed by atoms with E-state index in [0.717, 1.165) is 36.1 Å². The first-order valence-corrected chi connectivity index (χ1v) is 11.0. The largest absolute Gasteiger partial charge is 0.508 e. The van der Waals surface area contributed by atoms with Crippen molar-refractivity contribution in [1.29, 1.82) is 0 Å². The molecule has 0 fully saturated rings. The van der Waals surface area contributed by atoms with Crippen LogP contribution in [0.3, 0.4) is 0 Å². The van der Waals surface area contributed by atoms with Crippen molar-refractivity contribution in [3.63, 3.8) is 0 Å². The monoisotopic (exact) mass is 438 g/mol. The molecule has 0 saturated heterocycles. The minimum atomic E-state index is -0.376. The number of phenolic OH excluding ortho intramolecular Hbond substituents is 1. The molecule has 1 aromatic heterocycles. The van der Waals surface area contributed by atoms with Crippen LogP contribution in [0.2, 0.25) is 0 Å². The molecule has 7 nitrogen and oxygen atoms in total. The highest BCUT2D eigenvalue weighted by Crippen LogP contribution is 2.31. The standard InChI is InChI=1S/C24H28FN5O2/c1-4-18-10-11-29-22(20-9-8-17(25)13-21(20)30(18)29)27-24(26-14-15(2)3)28-23(32)16-6-5-7-19(31)12-16/h5-9,12-13,15,18H,4,10-11,14H2,1-3H3,(H2,26,28,31,32)/p+1. The van der Waals surface area contributed by atoms with Crippen molar-refractivity contribution < 1.29 is 19.0 Å². The molecule has 4 rings (SSSR count). The predicted molar refractivity (Wildman–Crippen MR) is 122 cm³/mol. The summed E-state index contributed by atoms with van der Waals surface area (Å²) in [5.74, 6) is 0.753. The SMILES string of the molecule is CCC1CC[n+]2c(NC(=NCC(C)C)NC(=O)c3cccc(O)c3)c3ccc(F)cc3n21. The number of guanidine groups is 1. The fraction of sp³-hybridized carbons (Fsp3) is 0.375. The minimum absolute atomic E-state index is 0.0192. The van der Waals surface area contributed by atoms with Gasteiger partial charge in [-0.25, -0.2) is 19.4 Å². The Labute approximate surface area is 186 Å². The van der Waals surface area contributed by atoms with E-state index >= 15 is 0 Å². The maximum absolute atomic E-state index is 14.1. The molecule has 2 heterocycles. The van der Waals surface area contributed by atoms with Gasteiger partial charge in [0.2, 0.25) is 0 Å². The molecule has 2 aromatic carbocycles. The van der Waals surface area contributed by atoms with Crippen LogP contribution in [0.15, 0.2) is 47.5 Å². The Morgan fingerprint density at radius 1 is 1.31 bits per heavy atom. The molecule has 1 aliphatic heterocycles. The highest BCUT2D eigenvalue weighted by molar-refractivity contribution is 6.11. The maximum Gasteiger partial charge on any atom is 0.310 e. The summed E-state index contributed by atoms with van der Waals surface area (Å²) in [5, 5.41) is 16.7. The van der Waals surface area contributed by atoms with Crippen LogP contribution < -0.4 is 15.3 Å². The summed E-state index contributed by atoms with van der Waals surface area (Å²) < 4.78 is 18.3. The van der Waals surface area contributed by atoms with E-state index in [0.29, 0.717) is 24.0 Å². The number of phenols is 1. The van der Waals surface area contributed by atoms with E-state index in [2.05, 4.69) is 31.9 Å². The normalized spacial score (nSPS) is 15.9. The summed E-state index contributed by atoms with van der Waals surface area (Å²) in [4.78, 5) is 17.4. The number of aromatic nitrogens is 2. The lowest BCUT2D eigenvalue weighted by Gasteiger charge is -2.09. The average Bonchev–Trinajstić information content (AvgIpc) is 3.30. The van der Waals surface area contributed by atoms with Crippen LogP contribution in [0.1, 0.15) is 50.0 Å². The number of aliphatic imine (C=N–C) groups is 1. The van der Waals surface area contributed by atoms with Crippen molar-refractivity contribution in [3.05, 3.63) is 53.8 Å². The van der Waals surface area contributed by atoms with E-state index < -0.39 is 0 Å². The average molecular weight is 439 g/mol. The molecular formula is C24H29FN5O2+. The van der Waals surface area contributed by atoms with Crippen LogP contribution in [0.4, 0.5) is 10.2 Å². The second-order valence-electron chi connectivity index (χ2n) is 8.54. The lowest BCUT2D eigenvalue weighted by Crippen LogP contribution is -2.44. The Morgan fingerprint density at radius 2 is 2.12 bits per heavy atom. The van der Waals surface area contributed by atoms with E-state index in [-0.39, 0.29) is 23.5 Å². The van der Waals surface area contributed by atoms with Gasteiger partial charge < -0.3 is 5.11 Å². The molecule has 8 heteroatoms. The summed E-state index contributed by atoms with van der Waals surface area (Å²) in [6.45, 7) is 7.53. The Balaban J connectivity index is 1.71. The number of fused-ring (bicyclic) bond motifs is 3. The van der Waals surface area contributed by atoms with Gasteiger partial charge in [0.15, 0.2) is 0 Å². The predicted octanol–water partition coefficient (Wildman–Crippen LogP) is 3.98. The number of halogens is 1. The second-order valence-corrected chi connectivity index (χ2v) is 8.54. The molecule has 1 unspecified atom stereocenters. The third-order valence-electron chi connectivity index (χ3n) is 5.66. The van der Waals surface area contributed by atoms with Crippen molar-refractivity contribution in [2.24, 2.45) is 10.9 Å². The van der Waals surface area contributed by atoms with E-state index in [1.165, 1.54) is 18.2 Å². The van der Waals surface area contributed by atoms with Gasteiger partial charge in [-0.1, -0.05) is 26.8 Å². The molecule has 0 saturated carbocycles. The summed E-state index contributed by atoms with van der Waals surface area (Å²) in [7, 11) is 0. The fourth-order valence-corrected chi connectivity index (χ4v) is 4.11. The summed E-state index contributed by atoms with van der Waals surface area (Å²) >= 11 is 0. The number of carbonyl (C=O) groups is 1. The van der Waals surface area contributed by atoms with Gasteiger partial charge in [-0.05, 0) is 42.7 Å². The number of aromatic hydroxyl groups is 1. The number of benzene rings is 2. The molecule has 3 N–H and O–H groups in total. The van der Waals surface area contributed by atoms with Crippen LogP contribution >= 0.6 is 0 Å². The van der Waals surface area contributed by atoms with Gasteiger partial charge in [-0.3, -0.25) is 10.1 Å². The second kappa shape index (κ2) is 8.98. The quantitative estimate of drug-likeness (QED) is 0.320. The van der Waals surface area contributed by atoms with Crippen LogP contribution in [0.5, 0.6) is 5.75 Å². The Bertz CT molecular complexity index is 1180. The van der Waals surface area contributed by atoms with Crippen LogP contribution in [-0.2, 0) is 6.54 Å². The molecule has 1 aliphatic rings. The number of rotatable bonds is 5. The lowest BCUT2D eigenvalue weighted by atomic mass is 10.1. The number of amides is 1. The zero-order valence-corrected chi connectivity index (χ0v) is 18.6.